The lowest BCUT2D eigenvalue weighted by molar-refractivity contribution is -0.135. The van der Waals surface area contributed by atoms with Gasteiger partial charge in [0.25, 0.3) is 0 Å². The van der Waals surface area contributed by atoms with E-state index in [0.717, 1.165) is 25.2 Å². The predicted molar refractivity (Wildman–Crippen MR) is 72.3 cm³/mol. The van der Waals surface area contributed by atoms with Crippen molar-refractivity contribution in [3.8, 4) is 0 Å². The van der Waals surface area contributed by atoms with Gasteiger partial charge in [0.15, 0.2) is 0 Å². The molecule has 2 rings (SSSR count). The van der Waals surface area contributed by atoms with Crippen molar-refractivity contribution in [3.05, 3.63) is 0 Å². The number of amides is 1. The number of hydrogen-bond acceptors (Lipinski definition) is 4. The van der Waals surface area contributed by atoms with E-state index >= 15 is 0 Å². The highest BCUT2D eigenvalue weighted by Crippen LogP contribution is 2.33. The van der Waals surface area contributed by atoms with Crippen LogP contribution in [0.2, 0.25) is 0 Å². The maximum absolute atomic E-state index is 12.2. The van der Waals surface area contributed by atoms with Crippen LogP contribution in [-0.2, 0) is 9.53 Å². The lowest BCUT2D eigenvalue weighted by Gasteiger charge is -2.37. The maximum atomic E-state index is 12.2. The number of carbonyl (C=O) groups is 1. The van der Waals surface area contributed by atoms with Gasteiger partial charge in [0, 0.05) is 38.5 Å². The molecule has 0 bridgehead atoms. The minimum absolute atomic E-state index is 0.167. The van der Waals surface area contributed by atoms with Crippen molar-refractivity contribution >= 4 is 11.6 Å². The van der Waals surface area contributed by atoms with Gasteiger partial charge in [-0.1, -0.05) is 12.1 Å². The number of rotatable bonds is 4. The van der Waals surface area contributed by atoms with Crippen molar-refractivity contribution in [1.82, 2.24) is 4.90 Å². The highest BCUT2D eigenvalue weighted by molar-refractivity contribution is 5.89. The van der Waals surface area contributed by atoms with E-state index in [1.807, 2.05) is 18.7 Å². The van der Waals surface area contributed by atoms with Gasteiger partial charge in [0.1, 0.15) is 0 Å². The Morgan fingerprint density at radius 2 is 2.26 bits per heavy atom. The number of hydrogen-bond donors (Lipinski definition) is 1. The second-order valence-electron chi connectivity index (χ2n) is 5.70. The first-order valence-electron chi connectivity index (χ1n) is 7.24. The summed E-state index contributed by atoms with van der Waals surface area (Å²) in [4.78, 5) is 14.1. The van der Waals surface area contributed by atoms with E-state index in [2.05, 4.69) is 5.16 Å². The molecule has 1 heterocycles. The zero-order valence-corrected chi connectivity index (χ0v) is 11.8. The summed E-state index contributed by atoms with van der Waals surface area (Å²) >= 11 is 0. The standard InChI is InChI=1S/C14H24N2O3/c1-3-19-12-6-11(7-12)8-14(17)16-5-4-13(15-18)10(2)9-16/h10-12,18H,3-9H2,1-2H3. The molecule has 0 radical (unpaired) electrons. The summed E-state index contributed by atoms with van der Waals surface area (Å²) in [6, 6.07) is 0. The molecule has 2 aliphatic rings. The maximum Gasteiger partial charge on any atom is 0.222 e. The van der Waals surface area contributed by atoms with Crippen molar-refractivity contribution in [3.63, 3.8) is 0 Å². The average Bonchev–Trinajstić information content (AvgIpc) is 2.36. The molecule has 2 fully saturated rings. The number of carbonyl (C=O) groups excluding carboxylic acids is 1. The molecule has 1 aliphatic carbocycles. The van der Waals surface area contributed by atoms with Gasteiger partial charge < -0.3 is 14.8 Å². The Kier molecular flexibility index (Phi) is 4.80. The molecule has 1 atom stereocenters. The summed E-state index contributed by atoms with van der Waals surface area (Å²) in [5, 5.41) is 12.1. The third kappa shape index (κ3) is 3.47. The highest BCUT2D eigenvalue weighted by atomic mass is 16.5. The Morgan fingerprint density at radius 3 is 2.84 bits per heavy atom. The quantitative estimate of drug-likeness (QED) is 0.625. The third-order valence-corrected chi connectivity index (χ3v) is 4.24. The first-order valence-corrected chi connectivity index (χ1v) is 7.24. The molecule has 0 aromatic rings. The summed E-state index contributed by atoms with van der Waals surface area (Å²) in [6.45, 7) is 6.14. The lowest BCUT2D eigenvalue weighted by atomic mass is 9.79. The van der Waals surface area contributed by atoms with Crippen LogP contribution in [0.4, 0.5) is 0 Å². The molecule has 1 saturated heterocycles. The average molecular weight is 268 g/mol. The highest BCUT2D eigenvalue weighted by Gasteiger charge is 2.33. The van der Waals surface area contributed by atoms with Gasteiger partial charge in [-0.05, 0) is 25.7 Å². The Balaban J connectivity index is 1.73. The molecule has 0 aromatic heterocycles. The van der Waals surface area contributed by atoms with Crippen LogP contribution in [0.1, 0.15) is 39.5 Å². The van der Waals surface area contributed by atoms with Crippen LogP contribution in [0.15, 0.2) is 5.16 Å². The number of likely N-dealkylation sites (tertiary alicyclic amines) is 1. The molecular formula is C14H24N2O3. The molecule has 1 N–H and O–H groups in total. The molecule has 1 amide bonds. The van der Waals surface area contributed by atoms with Gasteiger partial charge in [0.2, 0.25) is 5.91 Å². The first-order chi connectivity index (χ1) is 9.13. The van der Waals surface area contributed by atoms with Gasteiger partial charge in [-0.15, -0.1) is 0 Å². The van der Waals surface area contributed by atoms with E-state index in [1.165, 1.54) is 0 Å². The zero-order valence-electron chi connectivity index (χ0n) is 11.8. The summed E-state index contributed by atoms with van der Waals surface area (Å²) < 4.78 is 5.51. The first kappa shape index (κ1) is 14.3. The van der Waals surface area contributed by atoms with Crippen molar-refractivity contribution in [2.75, 3.05) is 19.7 Å². The fourth-order valence-electron chi connectivity index (χ4n) is 2.99. The van der Waals surface area contributed by atoms with E-state index in [-0.39, 0.29) is 11.8 Å². The molecule has 19 heavy (non-hydrogen) atoms. The van der Waals surface area contributed by atoms with Crippen LogP contribution in [0.3, 0.4) is 0 Å². The molecule has 5 heteroatoms. The summed E-state index contributed by atoms with van der Waals surface area (Å²) in [5.74, 6) is 0.899. The monoisotopic (exact) mass is 268 g/mol. The van der Waals surface area contributed by atoms with Crippen LogP contribution < -0.4 is 0 Å². The molecule has 5 nitrogen and oxygen atoms in total. The van der Waals surface area contributed by atoms with Crippen molar-refractivity contribution in [2.45, 2.75) is 45.6 Å². The van der Waals surface area contributed by atoms with Gasteiger partial charge in [-0.2, -0.15) is 0 Å². The Labute approximate surface area is 114 Å². The zero-order chi connectivity index (χ0) is 13.8. The van der Waals surface area contributed by atoms with E-state index in [0.29, 0.717) is 38.0 Å². The largest absolute Gasteiger partial charge is 0.411 e. The van der Waals surface area contributed by atoms with Gasteiger partial charge in [-0.25, -0.2) is 0 Å². The molecule has 1 unspecified atom stereocenters. The van der Waals surface area contributed by atoms with E-state index < -0.39 is 0 Å². The normalized spacial score (nSPS) is 33.3. The van der Waals surface area contributed by atoms with Crippen LogP contribution in [0.25, 0.3) is 0 Å². The predicted octanol–water partition coefficient (Wildman–Crippen LogP) is 1.89. The van der Waals surface area contributed by atoms with E-state index in [4.69, 9.17) is 9.94 Å². The number of ether oxygens (including phenoxy) is 1. The van der Waals surface area contributed by atoms with Crippen LogP contribution in [-0.4, -0.2) is 47.5 Å². The molecule has 1 saturated carbocycles. The summed E-state index contributed by atoms with van der Waals surface area (Å²) in [6.07, 6.45) is 3.74. The smallest absolute Gasteiger partial charge is 0.222 e. The van der Waals surface area contributed by atoms with Crippen molar-refractivity contribution in [2.24, 2.45) is 17.0 Å². The number of nitrogens with zero attached hydrogens (tertiary/aromatic N) is 2. The second-order valence-corrected chi connectivity index (χ2v) is 5.70. The fraction of sp³-hybridized carbons (Fsp3) is 0.857. The third-order valence-electron chi connectivity index (χ3n) is 4.24. The van der Waals surface area contributed by atoms with E-state index in [9.17, 15) is 4.79 Å². The van der Waals surface area contributed by atoms with Crippen molar-refractivity contribution < 1.29 is 14.7 Å². The topological polar surface area (TPSA) is 62.1 Å². The second kappa shape index (κ2) is 6.37. The molecule has 1 aliphatic heterocycles. The van der Waals surface area contributed by atoms with Crippen LogP contribution in [0.5, 0.6) is 0 Å². The Bertz CT molecular complexity index is 351. The molecule has 108 valence electrons. The van der Waals surface area contributed by atoms with E-state index in [1.54, 1.807) is 0 Å². The van der Waals surface area contributed by atoms with Gasteiger partial charge in [-0.3, -0.25) is 4.79 Å². The van der Waals surface area contributed by atoms with Gasteiger partial charge in [0.05, 0.1) is 11.8 Å². The fourth-order valence-corrected chi connectivity index (χ4v) is 2.99. The van der Waals surface area contributed by atoms with Crippen LogP contribution >= 0.6 is 0 Å². The summed E-state index contributed by atoms with van der Waals surface area (Å²) in [5.41, 5.74) is 0.809. The molecule has 0 aromatic carbocycles. The Morgan fingerprint density at radius 1 is 1.53 bits per heavy atom. The summed E-state index contributed by atoms with van der Waals surface area (Å²) in [7, 11) is 0. The Hall–Kier alpha value is -1.10. The number of oxime groups is 1. The minimum atomic E-state index is 0.167. The molecular weight excluding hydrogens is 244 g/mol. The van der Waals surface area contributed by atoms with Crippen LogP contribution in [0, 0.1) is 11.8 Å². The number of piperidine rings is 1. The molecule has 0 spiro atoms. The lowest BCUT2D eigenvalue weighted by Crippen LogP contribution is -2.45. The van der Waals surface area contributed by atoms with Gasteiger partial charge >= 0.3 is 0 Å². The minimum Gasteiger partial charge on any atom is -0.411 e. The van der Waals surface area contributed by atoms with Crippen molar-refractivity contribution in [1.29, 1.82) is 0 Å². The SMILES string of the molecule is CCOC1CC(CC(=O)N2CCC(=NO)C(C)C2)C1.